The van der Waals surface area contributed by atoms with E-state index in [1.54, 1.807) is 16.8 Å². The number of carbonyl (C=O) groups is 1. The molecule has 0 radical (unpaired) electrons. The largest absolute Gasteiger partial charge is 0.349 e. The van der Waals surface area contributed by atoms with Crippen LogP contribution >= 0.6 is 11.6 Å². The molecule has 2 N–H and O–H groups in total. The molecule has 2 heterocycles. The van der Waals surface area contributed by atoms with Crippen molar-refractivity contribution in [3.05, 3.63) is 23.0 Å². The van der Waals surface area contributed by atoms with Gasteiger partial charge in [-0.3, -0.25) is 4.79 Å². The normalized spacial score (nSPS) is 20.2. The van der Waals surface area contributed by atoms with Crippen LogP contribution in [0.1, 0.15) is 29.8 Å². The minimum absolute atomic E-state index is 0.0632. The number of amides is 1. The standard InChI is InChI=1S/C12H18ClN3O/c1-16-8-9(13)6-11(16)12(17)15-7-10-4-2-3-5-14-10/h6,8,10,14H,2-5,7H2,1H3,(H,15,17). The van der Waals surface area contributed by atoms with Crippen molar-refractivity contribution in [1.29, 1.82) is 0 Å². The first-order chi connectivity index (χ1) is 8.16. The first-order valence-electron chi connectivity index (χ1n) is 6.00. The van der Waals surface area contributed by atoms with E-state index >= 15 is 0 Å². The Morgan fingerprint density at radius 3 is 3.06 bits per heavy atom. The van der Waals surface area contributed by atoms with Crippen molar-refractivity contribution in [1.82, 2.24) is 15.2 Å². The van der Waals surface area contributed by atoms with Gasteiger partial charge in [0.1, 0.15) is 5.69 Å². The third kappa shape index (κ3) is 3.23. The van der Waals surface area contributed by atoms with E-state index in [9.17, 15) is 4.79 Å². The Morgan fingerprint density at radius 1 is 1.65 bits per heavy atom. The second-order valence-corrected chi connectivity index (χ2v) is 4.95. The Hall–Kier alpha value is -1.00. The lowest BCUT2D eigenvalue weighted by atomic mass is 10.1. The van der Waals surface area contributed by atoms with E-state index < -0.39 is 0 Å². The summed E-state index contributed by atoms with van der Waals surface area (Å²) in [6.45, 7) is 1.73. The van der Waals surface area contributed by atoms with Gasteiger partial charge in [-0.1, -0.05) is 18.0 Å². The van der Waals surface area contributed by atoms with Gasteiger partial charge in [0.05, 0.1) is 5.02 Å². The molecule has 1 amide bonds. The number of piperidine rings is 1. The second kappa shape index (κ2) is 5.56. The van der Waals surface area contributed by atoms with Crippen LogP contribution in [-0.4, -0.2) is 29.6 Å². The maximum absolute atomic E-state index is 11.9. The molecule has 94 valence electrons. The van der Waals surface area contributed by atoms with Crippen molar-refractivity contribution in [3.8, 4) is 0 Å². The van der Waals surface area contributed by atoms with Gasteiger partial charge in [-0.05, 0) is 25.5 Å². The zero-order valence-corrected chi connectivity index (χ0v) is 10.8. The van der Waals surface area contributed by atoms with E-state index in [2.05, 4.69) is 10.6 Å². The molecule has 2 rings (SSSR count). The average molecular weight is 256 g/mol. The third-order valence-corrected chi connectivity index (χ3v) is 3.33. The summed E-state index contributed by atoms with van der Waals surface area (Å²) in [5.74, 6) is -0.0632. The molecule has 0 aliphatic carbocycles. The van der Waals surface area contributed by atoms with E-state index in [0.717, 1.165) is 13.0 Å². The predicted octanol–water partition coefficient (Wildman–Crippen LogP) is 1.55. The van der Waals surface area contributed by atoms with Gasteiger partial charge in [-0.25, -0.2) is 0 Å². The van der Waals surface area contributed by atoms with Crippen LogP contribution in [0.5, 0.6) is 0 Å². The van der Waals surface area contributed by atoms with Crippen LogP contribution in [-0.2, 0) is 7.05 Å². The summed E-state index contributed by atoms with van der Waals surface area (Å²) < 4.78 is 1.74. The van der Waals surface area contributed by atoms with Gasteiger partial charge in [0.15, 0.2) is 0 Å². The quantitative estimate of drug-likeness (QED) is 0.861. The highest BCUT2D eigenvalue weighted by Gasteiger charge is 2.15. The van der Waals surface area contributed by atoms with Gasteiger partial charge < -0.3 is 15.2 Å². The van der Waals surface area contributed by atoms with Crippen LogP contribution in [0.15, 0.2) is 12.3 Å². The van der Waals surface area contributed by atoms with Crippen LogP contribution in [0.2, 0.25) is 5.02 Å². The molecule has 1 atom stereocenters. The zero-order valence-electron chi connectivity index (χ0n) is 10.0. The van der Waals surface area contributed by atoms with E-state index in [4.69, 9.17) is 11.6 Å². The number of aromatic nitrogens is 1. The van der Waals surface area contributed by atoms with E-state index in [1.165, 1.54) is 12.8 Å². The molecule has 17 heavy (non-hydrogen) atoms. The molecule has 0 bridgehead atoms. The molecule has 1 saturated heterocycles. The summed E-state index contributed by atoms with van der Waals surface area (Å²) in [5, 5.41) is 6.93. The smallest absolute Gasteiger partial charge is 0.268 e. The molecule has 0 aromatic carbocycles. The number of halogens is 1. The highest BCUT2D eigenvalue weighted by molar-refractivity contribution is 6.31. The molecule has 4 nitrogen and oxygen atoms in total. The Bertz CT molecular complexity index is 396. The molecular formula is C12H18ClN3O. The minimum atomic E-state index is -0.0632. The van der Waals surface area contributed by atoms with Gasteiger partial charge in [0.2, 0.25) is 0 Å². The molecular weight excluding hydrogens is 238 g/mol. The van der Waals surface area contributed by atoms with Crippen molar-refractivity contribution in [2.45, 2.75) is 25.3 Å². The summed E-state index contributed by atoms with van der Waals surface area (Å²) in [6, 6.07) is 2.09. The highest BCUT2D eigenvalue weighted by Crippen LogP contribution is 2.12. The van der Waals surface area contributed by atoms with Crippen molar-refractivity contribution < 1.29 is 4.79 Å². The SMILES string of the molecule is Cn1cc(Cl)cc1C(=O)NCC1CCCCN1. The Labute approximate surface area is 106 Å². The molecule has 1 unspecified atom stereocenters. The Morgan fingerprint density at radius 2 is 2.47 bits per heavy atom. The van der Waals surface area contributed by atoms with Crippen LogP contribution < -0.4 is 10.6 Å². The third-order valence-electron chi connectivity index (χ3n) is 3.13. The molecule has 1 aromatic heterocycles. The molecule has 1 aliphatic heterocycles. The number of aryl methyl sites for hydroxylation is 1. The summed E-state index contributed by atoms with van der Waals surface area (Å²) >= 11 is 5.85. The molecule has 1 fully saturated rings. The number of rotatable bonds is 3. The number of carbonyl (C=O) groups excluding carboxylic acids is 1. The van der Waals surface area contributed by atoms with Gasteiger partial charge in [-0.15, -0.1) is 0 Å². The Balaban J connectivity index is 1.86. The number of hydrogen-bond acceptors (Lipinski definition) is 2. The zero-order chi connectivity index (χ0) is 12.3. The first-order valence-corrected chi connectivity index (χ1v) is 6.38. The molecule has 1 aromatic rings. The second-order valence-electron chi connectivity index (χ2n) is 4.51. The van der Waals surface area contributed by atoms with Crippen molar-refractivity contribution >= 4 is 17.5 Å². The fourth-order valence-electron chi connectivity index (χ4n) is 2.15. The maximum atomic E-state index is 11.9. The van der Waals surface area contributed by atoms with E-state index in [-0.39, 0.29) is 5.91 Å². The van der Waals surface area contributed by atoms with Gasteiger partial charge >= 0.3 is 0 Å². The summed E-state index contributed by atoms with van der Waals surface area (Å²) in [4.78, 5) is 11.9. The molecule has 1 aliphatic rings. The van der Waals surface area contributed by atoms with Crippen LogP contribution in [0.4, 0.5) is 0 Å². The van der Waals surface area contributed by atoms with Crippen molar-refractivity contribution in [3.63, 3.8) is 0 Å². The lowest BCUT2D eigenvalue weighted by molar-refractivity contribution is 0.0939. The number of nitrogens with zero attached hydrogens (tertiary/aromatic N) is 1. The average Bonchev–Trinajstić information content (AvgIpc) is 2.67. The summed E-state index contributed by atoms with van der Waals surface area (Å²) in [5.41, 5.74) is 0.603. The Kier molecular flexibility index (Phi) is 4.07. The van der Waals surface area contributed by atoms with E-state index in [0.29, 0.717) is 23.3 Å². The summed E-state index contributed by atoms with van der Waals surface area (Å²) in [6.07, 6.45) is 5.34. The van der Waals surface area contributed by atoms with Crippen LogP contribution in [0, 0.1) is 0 Å². The fraction of sp³-hybridized carbons (Fsp3) is 0.583. The molecule has 0 spiro atoms. The molecule has 5 heteroatoms. The lowest BCUT2D eigenvalue weighted by Gasteiger charge is -2.23. The maximum Gasteiger partial charge on any atom is 0.268 e. The van der Waals surface area contributed by atoms with Crippen LogP contribution in [0.25, 0.3) is 0 Å². The minimum Gasteiger partial charge on any atom is -0.349 e. The number of nitrogens with one attached hydrogen (secondary N) is 2. The van der Waals surface area contributed by atoms with Crippen LogP contribution in [0.3, 0.4) is 0 Å². The topological polar surface area (TPSA) is 46.1 Å². The fourth-order valence-corrected chi connectivity index (χ4v) is 2.40. The first kappa shape index (κ1) is 12.5. The van der Waals surface area contributed by atoms with Gasteiger partial charge in [0.25, 0.3) is 5.91 Å². The lowest BCUT2D eigenvalue weighted by Crippen LogP contribution is -2.43. The van der Waals surface area contributed by atoms with Gasteiger partial charge in [0, 0.05) is 25.8 Å². The summed E-state index contributed by atoms with van der Waals surface area (Å²) in [7, 11) is 1.82. The van der Waals surface area contributed by atoms with Gasteiger partial charge in [-0.2, -0.15) is 0 Å². The van der Waals surface area contributed by atoms with Crippen molar-refractivity contribution in [2.75, 3.05) is 13.1 Å². The molecule has 0 saturated carbocycles. The van der Waals surface area contributed by atoms with E-state index in [1.807, 2.05) is 7.05 Å². The highest BCUT2D eigenvalue weighted by atomic mass is 35.5. The van der Waals surface area contributed by atoms with Crippen molar-refractivity contribution in [2.24, 2.45) is 7.05 Å². The predicted molar refractivity (Wildman–Crippen MR) is 68.4 cm³/mol. The monoisotopic (exact) mass is 255 g/mol. The number of hydrogen-bond donors (Lipinski definition) is 2.